The summed E-state index contributed by atoms with van der Waals surface area (Å²) in [7, 11) is 1.67. The molecule has 2 nitrogen and oxygen atoms in total. The van der Waals surface area contributed by atoms with Crippen molar-refractivity contribution in [3.05, 3.63) is 29.6 Å². The van der Waals surface area contributed by atoms with E-state index < -0.39 is 0 Å². The van der Waals surface area contributed by atoms with Crippen LogP contribution in [0.4, 0.5) is 10.1 Å². The first-order valence-electron chi connectivity index (χ1n) is 4.72. The zero-order valence-electron chi connectivity index (χ0n) is 8.64. The average Bonchev–Trinajstić information content (AvgIpc) is 2.11. The molecule has 0 atom stereocenters. The van der Waals surface area contributed by atoms with Crippen LogP contribution in [0.1, 0.15) is 12.0 Å². The highest BCUT2D eigenvalue weighted by molar-refractivity contribution is 5.45. The summed E-state index contributed by atoms with van der Waals surface area (Å²) < 4.78 is 17.9. The molecular weight excluding hydrogens is 181 g/mol. The van der Waals surface area contributed by atoms with E-state index in [0.29, 0.717) is 0 Å². The van der Waals surface area contributed by atoms with Gasteiger partial charge in [0.1, 0.15) is 5.82 Å². The number of benzene rings is 1. The topological polar surface area (TPSA) is 21.3 Å². The molecule has 0 unspecified atom stereocenters. The highest BCUT2D eigenvalue weighted by atomic mass is 19.1. The summed E-state index contributed by atoms with van der Waals surface area (Å²) in [6.07, 6.45) is 0.923. The lowest BCUT2D eigenvalue weighted by atomic mass is 10.2. The van der Waals surface area contributed by atoms with Gasteiger partial charge in [-0.2, -0.15) is 0 Å². The molecule has 0 saturated heterocycles. The third-order valence-corrected chi connectivity index (χ3v) is 1.90. The van der Waals surface area contributed by atoms with Crippen LogP contribution in [0.3, 0.4) is 0 Å². The number of anilines is 1. The molecule has 1 rings (SSSR count). The fourth-order valence-electron chi connectivity index (χ4n) is 1.29. The third kappa shape index (κ3) is 3.75. The minimum Gasteiger partial charge on any atom is -0.385 e. The first kappa shape index (κ1) is 11.0. The summed E-state index contributed by atoms with van der Waals surface area (Å²) in [4.78, 5) is 0. The van der Waals surface area contributed by atoms with Gasteiger partial charge < -0.3 is 10.1 Å². The Morgan fingerprint density at radius 2 is 2.14 bits per heavy atom. The van der Waals surface area contributed by atoms with Crippen LogP contribution in [0.15, 0.2) is 18.2 Å². The van der Waals surface area contributed by atoms with Gasteiger partial charge in [0, 0.05) is 25.9 Å². The van der Waals surface area contributed by atoms with Crippen molar-refractivity contribution in [3.8, 4) is 0 Å². The van der Waals surface area contributed by atoms with E-state index in [2.05, 4.69) is 5.32 Å². The second-order valence-electron chi connectivity index (χ2n) is 3.29. The monoisotopic (exact) mass is 197 g/mol. The maximum absolute atomic E-state index is 12.9. The molecule has 0 aromatic heterocycles. The summed E-state index contributed by atoms with van der Waals surface area (Å²) in [5.74, 6) is -0.195. The molecule has 1 aromatic rings. The maximum Gasteiger partial charge on any atom is 0.125 e. The van der Waals surface area contributed by atoms with E-state index in [1.807, 2.05) is 13.0 Å². The predicted octanol–water partition coefficient (Wildman–Crippen LogP) is 2.58. The van der Waals surface area contributed by atoms with Crippen LogP contribution in [0.2, 0.25) is 0 Å². The van der Waals surface area contributed by atoms with Crippen LogP contribution in [-0.4, -0.2) is 20.3 Å². The van der Waals surface area contributed by atoms with Gasteiger partial charge in [-0.1, -0.05) is 0 Å². The molecule has 78 valence electrons. The van der Waals surface area contributed by atoms with Gasteiger partial charge in [0.15, 0.2) is 0 Å². The number of hydrogen-bond acceptors (Lipinski definition) is 2. The molecule has 0 fully saturated rings. The number of aryl methyl sites for hydroxylation is 1. The van der Waals surface area contributed by atoms with E-state index in [0.717, 1.165) is 30.8 Å². The number of nitrogens with one attached hydrogen (secondary N) is 1. The van der Waals surface area contributed by atoms with Crippen molar-refractivity contribution in [1.29, 1.82) is 0 Å². The van der Waals surface area contributed by atoms with Crippen molar-refractivity contribution in [2.45, 2.75) is 13.3 Å². The lowest BCUT2D eigenvalue weighted by molar-refractivity contribution is 0.198. The summed E-state index contributed by atoms with van der Waals surface area (Å²) >= 11 is 0. The van der Waals surface area contributed by atoms with Crippen molar-refractivity contribution in [1.82, 2.24) is 0 Å². The van der Waals surface area contributed by atoms with Crippen LogP contribution >= 0.6 is 0 Å². The second-order valence-corrected chi connectivity index (χ2v) is 3.29. The number of halogens is 1. The Labute approximate surface area is 84.1 Å². The van der Waals surface area contributed by atoms with Gasteiger partial charge in [-0.15, -0.1) is 0 Å². The highest BCUT2D eigenvalue weighted by Gasteiger charge is 1.96. The molecule has 3 heteroatoms. The van der Waals surface area contributed by atoms with Crippen molar-refractivity contribution in [3.63, 3.8) is 0 Å². The predicted molar refractivity (Wildman–Crippen MR) is 56.1 cm³/mol. The SMILES string of the molecule is COCCCNc1cc(C)cc(F)c1. The average molecular weight is 197 g/mol. The fraction of sp³-hybridized carbons (Fsp3) is 0.455. The summed E-state index contributed by atoms with van der Waals surface area (Å²) in [6, 6.07) is 4.94. The van der Waals surface area contributed by atoms with Gasteiger partial charge in [0.05, 0.1) is 0 Å². The van der Waals surface area contributed by atoms with Crippen LogP contribution in [-0.2, 0) is 4.74 Å². The van der Waals surface area contributed by atoms with E-state index in [-0.39, 0.29) is 5.82 Å². The van der Waals surface area contributed by atoms with Gasteiger partial charge in [-0.3, -0.25) is 0 Å². The molecule has 0 amide bonds. The maximum atomic E-state index is 12.9. The van der Waals surface area contributed by atoms with E-state index in [9.17, 15) is 4.39 Å². The minimum atomic E-state index is -0.195. The molecule has 0 aliphatic rings. The third-order valence-electron chi connectivity index (χ3n) is 1.90. The first-order chi connectivity index (χ1) is 6.72. The molecule has 0 radical (unpaired) electrons. The van der Waals surface area contributed by atoms with Crippen LogP contribution < -0.4 is 5.32 Å². The first-order valence-corrected chi connectivity index (χ1v) is 4.72. The van der Waals surface area contributed by atoms with E-state index >= 15 is 0 Å². The zero-order chi connectivity index (χ0) is 10.4. The smallest absolute Gasteiger partial charge is 0.125 e. The molecule has 0 aliphatic carbocycles. The molecule has 0 spiro atoms. The lowest BCUT2D eigenvalue weighted by Crippen LogP contribution is -2.04. The Bertz CT molecular complexity index is 268. The van der Waals surface area contributed by atoms with Gasteiger partial charge in [-0.05, 0) is 37.1 Å². The van der Waals surface area contributed by atoms with Crippen molar-refractivity contribution >= 4 is 5.69 Å². The van der Waals surface area contributed by atoms with Crippen LogP contribution in [0, 0.1) is 12.7 Å². The van der Waals surface area contributed by atoms with Gasteiger partial charge in [0.2, 0.25) is 0 Å². The number of ether oxygens (including phenoxy) is 1. The minimum absolute atomic E-state index is 0.195. The molecule has 0 heterocycles. The highest BCUT2D eigenvalue weighted by Crippen LogP contribution is 2.12. The van der Waals surface area contributed by atoms with Crippen LogP contribution in [0.5, 0.6) is 0 Å². The molecule has 1 N–H and O–H groups in total. The molecule has 0 saturated carbocycles. The zero-order valence-corrected chi connectivity index (χ0v) is 8.64. The summed E-state index contributed by atoms with van der Waals surface area (Å²) in [6.45, 7) is 3.40. The van der Waals surface area contributed by atoms with Crippen molar-refractivity contribution < 1.29 is 9.13 Å². The molecule has 0 bridgehead atoms. The Hall–Kier alpha value is -1.09. The van der Waals surface area contributed by atoms with E-state index in [1.165, 1.54) is 12.1 Å². The number of rotatable bonds is 5. The summed E-state index contributed by atoms with van der Waals surface area (Å²) in [5.41, 5.74) is 1.76. The van der Waals surface area contributed by atoms with E-state index in [4.69, 9.17) is 4.74 Å². The number of hydrogen-bond donors (Lipinski definition) is 1. The van der Waals surface area contributed by atoms with Gasteiger partial charge >= 0.3 is 0 Å². The standard InChI is InChI=1S/C11H16FNO/c1-9-6-10(12)8-11(7-9)13-4-3-5-14-2/h6-8,13H,3-5H2,1-2H3. The summed E-state index contributed by atoms with van der Waals surface area (Å²) in [5, 5.41) is 3.14. The molecule has 0 aliphatic heterocycles. The Kier molecular flexibility index (Phi) is 4.40. The van der Waals surface area contributed by atoms with Crippen molar-refractivity contribution in [2.24, 2.45) is 0 Å². The van der Waals surface area contributed by atoms with Crippen LogP contribution in [0.25, 0.3) is 0 Å². The normalized spacial score (nSPS) is 10.2. The molecule has 14 heavy (non-hydrogen) atoms. The largest absolute Gasteiger partial charge is 0.385 e. The Morgan fingerprint density at radius 3 is 2.79 bits per heavy atom. The fourth-order valence-corrected chi connectivity index (χ4v) is 1.29. The van der Waals surface area contributed by atoms with Gasteiger partial charge in [-0.25, -0.2) is 4.39 Å². The van der Waals surface area contributed by atoms with Gasteiger partial charge in [0.25, 0.3) is 0 Å². The Balaban J connectivity index is 2.42. The molecular formula is C11H16FNO. The second kappa shape index (κ2) is 5.60. The van der Waals surface area contributed by atoms with E-state index in [1.54, 1.807) is 7.11 Å². The Morgan fingerprint density at radius 1 is 1.36 bits per heavy atom. The number of methoxy groups -OCH3 is 1. The quantitative estimate of drug-likeness (QED) is 0.732. The van der Waals surface area contributed by atoms with Crippen molar-refractivity contribution in [2.75, 3.05) is 25.6 Å². The molecule has 1 aromatic carbocycles. The lowest BCUT2D eigenvalue weighted by Gasteiger charge is -2.06.